The van der Waals surface area contributed by atoms with Crippen LogP contribution in [0.3, 0.4) is 0 Å². The molecule has 5 heteroatoms. The SMILES string of the molecule is Cc1ccc(C)c(NC(=S)N(Cc2ccco2)[C@H](C)c2ccco2)c1. The van der Waals surface area contributed by atoms with Gasteiger partial charge in [0.25, 0.3) is 0 Å². The lowest BCUT2D eigenvalue weighted by atomic mass is 10.1. The minimum atomic E-state index is -0.0229. The molecule has 1 N–H and O–H groups in total. The summed E-state index contributed by atoms with van der Waals surface area (Å²) in [5.41, 5.74) is 3.35. The average molecular weight is 354 g/mol. The van der Waals surface area contributed by atoms with E-state index in [1.807, 2.05) is 24.3 Å². The molecule has 2 heterocycles. The van der Waals surface area contributed by atoms with Gasteiger partial charge in [-0.3, -0.25) is 0 Å². The van der Waals surface area contributed by atoms with Gasteiger partial charge < -0.3 is 19.1 Å². The van der Waals surface area contributed by atoms with Crippen LogP contribution >= 0.6 is 12.2 Å². The summed E-state index contributed by atoms with van der Waals surface area (Å²) in [4.78, 5) is 2.06. The zero-order valence-electron chi connectivity index (χ0n) is 14.7. The second-order valence-electron chi connectivity index (χ2n) is 6.15. The maximum atomic E-state index is 5.72. The molecule has 0 spiro atoms. The Morgan fingerprint density at radius 1 is 1.12 bits per heavy atom. The molecule has 0 aliphatic heterocycles. The van der Waals surface area contributed by atoms with Crippen molar-refractivity contribution >= 4 is 23.0 Å². The number of hydrogen-bond donors (Lipinski definition) is 1. The number of rotatable bonds is 5. The first-order valence-corrected chi connectivity index (χ1v) is 8.66. The molecule has 3 aromatic rings. The van der Waals surface area contributed by atoms with Gasteiger partial charge in [0.15, 0.2) is 5.11 Å². The number of furan rings is 2. The molecule has 0 bridgehead atoms. The Morgan fingerprint density at radius 3 is 2.56 bits per heavy atom. The van der Waals surface area contributed by atoms with Crippen molar-refractivity contribution in [3.8, 4) is 0 Å². The summed E-state index contributed by atoms with van der Waals surface area (Å²) in [6.45, 7) is 6.77. The van der Waals surface area contributed by atoms with Crippen molar-refractivity contribution in [2.24, 2.45) is 0 Å². The Kier molecular flexibility index (Phi) is 5.24. The van der Waals surface area contributed by atoms with Crippen LogP contribution in [-0.4, -0.2) is 10.0 Å². The van der Waals surface area contributed by atoms with Crippen LogP contribution in [0.4, 0.5) is 5.69 Å². The third kappa shape index (κ3) is 4.12. The van der Waals surface area contributed by atoms with Gasteiger partial charge in [-0.2, -0.15) is 0 Å². The number of thiocarbonyl (C=S) groups is 1. The molecule has 1 aromatic carbocycles. The molecule has 0 fully saturated rings. The maximum Gasteiger partial charge on any atom is 0.174 e. The largest absolute Gasteiger partial charge is 0.467 e. The molecule has 2 aromatic heterocycles. The van der Waals surface area contributed by atoms with Crippen molar-refractivity contribution in [3.05, 3.63) is 77.6 Å². The Morgan fingerprint density at radius 2 is 1.88 bits per heavy atom. The van der Waals surface area contributed by atoms with Gasteiger partial charge in [0.1, 0.15) is 11.5 Å². The van der Waals surface area contributed by atoms with Gasteiger partial charge in [0.05, 0.1) is 25.1 Å². The highest BCUT2D eigenvalue weighted by molar-refractivity contribution is 7.80. The van der Waals surface area contributed by atoms with E-state index in [4.69, 9.17) is 21.1 Å². The minimum absolute atomic E-state index is 0.0229. The topological polar surface area (TPSA) is 41.5 Å². The molecule has 0 radical (unpaired) electrons. The fraction of sp³-hybridized carbons (Fsp3) is 0.250. The number of anilines is 1. The highest BCUT2D eigenvalue weighted by Gasteiger charge is 2.22. The van der Waals surface area contributed by atoms with Crippen molar-refractivity contribution in [2.75, 3.05) is 5.32 Å². The Bertz CT molecular complexity index is 826. The van der Waals surface area contributed by atoms with E-state index in [9.17, 15) is 0 Å². The van der Waals surface area contributed by atoms with Gasteiger partial charge in [-0.05, 0) is 74.4 Å². The first-order chi connectivity index (χ1) is 12.0. The number of nitrogens with one attached hydrogen (secondary N) is 1. The van der Waals surface area contributed by atoms with Crippen LogP contribution in [-0.2, 0) is 6.54 Å². The van der Waals surface area contributed by atoms with Crippen LogP contribution in [0.1, 0.15) is 35.6 Å². The standard InChI is InChI=1S/C20H22N2O2S/c1-14-8-9-15(2)18(12-14)21-20(25)22(13-17-6-4-10-23-17)16(3)19-7-5-11-24-19/h4-12,16H,13H2,1-3H3,(H,21,25)/t16-/m1/s1. The number of benzene rings is 1. The molecule has 0 saturated heterocycles. The van der Waals surface area contributed by atoms with E-state index in [0.717, 1.165) is 22.8 Å². The van der Waals surface area contributed by atoms with Gasteiger partial charge in [-0.15, -0.1) is 0 Å². The molecule has 0 amide bonds. The quantitative estimate of drug-likeness (QED) is 0.617. The van der Waals surface area contributed by atoms with E-state index >= 15 is 0 Å². The molecule has 0 aliphatic carbocycles. The van der Waals surface area contributed by atoms with Crippen LogP contribution in [0.15, 0.2) is 63.8 Å². The lowest BCUT2D eigenvalue weighted by Gasteiger charge is -2.30. The first kappa shape index (κ1) is 17.3. The third-order valence-corrected chi connectivity index (χ3v) is 4.56. The normalized spacial score (nSPS) is 12.0. The molecule has 25 heavy (non-hydrogen) atoms. The smallest absolute Gasteiger partial charge is 0.174 e. The number of nitrogens with zero attached hydrogens (tertiary/aromatic N) is 1. The zero-order valence-corrected chi connectivity index (χ0v) is 15.5. The van der Waals surface area contributed by atoms with E-state index in [1.54, 1.807) is 12.5 Å². The van der Waals surface area contributed by atoms with Gasteiger partial charge in [-0.25, -0.2) is 0 Å². The molecule has 3 rings (SSSR count). The molecular weight excluding hydrogens is 332 g/mol. The van der Waals surface area contributed by atoms with E-state index in [-0.39, 0.29) is 6.04 Å². The first-order valence-electron chi connectivity index (χ1n) is 8.25. The highest BCUT2D eigenvalue weighted by Crippen LogP contribution is 2.25. The summed E-state index contributed by atoms with van der Waals surface area (Å²) in [7, 11) is 0. The molecule has 0 saturated carbocycles. The van der Waals surface area contributed by atoms with Crippen LogP contribution in [0.25, 0.3) is 0 Å². The van der Waals surface area contributed by atoms with Gasteiger partial charge in [0, 0.05) is 5.69 Å². The fourth-order valence-electron chi connectivity index (χ4n) is 2.70. The number of aryl methyl sites for hydroxylation is 2. The summed E-state index contributed by atoms with van der Waals surface area (Å²) in [5.74, 6) is 1.71. The molecule has 130 valence electrons. The minimum Gasteiger partial charge on any atom is -0.467 e. The highest BCUT2D eigenvalue weighted by atomic mass is 32.1. The number of hydrogen-bond acceptors (Lipinski definition) is 3. The summed E-state index contributed by atoms with van der Waals surface area (Å²) in [6, 6.07) is 13.9. The molecule has 0 aliphatic rings. The average Bonchev–Trinajstić information content (AvgIpc) is 3.28. The Balaban J connectivity index is 1.84. The Labute approximate surface area is 153 Å². The summed E-state index contributed by atoms with van der Waals surface area (Å²) < 4.78 is 11.1. The van der Waals surface area contributed by atoms with Crippen molar-refractivity contribution in [1.82, 2.24) is 4.90 Å². The predicted molar refractivity (Wildman–Crippen MR) is 104 cm³/mol. The van der Waals surface area contributed by atoms with Crippen molar-refractivity contribution in [3.63, 3.8) is 0 Å². The van der Waals surface area contributed by atoms with Gasteiger partial charge in [-0.1, -0.05) is 12.1 Å². The zero-order chi connectivity index (χ0) is 17.8. The fourth-order valence-corrected chi connectivity index (χ4v) is 3.03. The summed E-state index contributed by atoms with van der Waals surface area (Å²) >= 11 is 5.72. The second-order valence-corrected chi connectivity index (χ2v) is 6.53. The van der Waals surface area contributed by atoms with Crippen LogP contribution in [0.5, 0.6) is 0 Å². The van der Waals surface area contributed by atoms with E-state index in [1.165, 1.54) is 5.56 Å². The van der Waals surface area contributed by atoms with Crippen molar-refractivity contribution in [2.45, 2.75) is 33.4 Å². The van der Waals surface area contributed by atoms with E-state index in [2.05, 4.69) is 49.2 Å². The lowest BCUT2D eigenvalue weighted by molar-refractivity contribution is 0.269. The summed E-state index contributed by atoms with van der Waals surface area (Å²) in [6.07, 6.45) is 3.35. The monoisotopic (exact) mass is 354 g/mol. The van der Waals surface area contributed by atoms with Gasteiger partial charge in [0.2, 0.25) is 0 Å². The molecule has 4 nitrogen and oxygen atoms in total. The summed E-state index contributed by atoms with van der Waals surface area (Å²) in [5, 5.41) is 4.01. The third-order valence-electron chi connectivity index (χ3n) is 4.22. The van der Waals surface area contributed by atoms with Crippen LogP contribution < -0.4 is 5.32 Å². The van der Waals surface area contributed by atoms with Crippen LogP contribution in [0.2, 0.25) is 0 Å². The lowest BCUT2D eigenvalue weighted by Crippen LogP contribution is -2.36. The van der Waals surface area contributed by atoms with E-state index in [0.29, 0.717) is 11.7 Å². The van der Waals surface area contributed by atoms with Gasteiger partial charge >= 0.3 is 0 Å². The van der Waals surface area contributed by atoms with Crippen molar-refractivity contribution in [1.29, 1.82) is 0 Å². The second kappa shape index (κ2) is 7.57. The maximum absolute atomic E-state index is 5.72. The van der Waals surface area contributed by atoms with E-state index < -0.39 is 0 Å². The Hall–Kier alpha value is -2.53. The molecule has 0 unspecified atom stereocenters. The predicted octanol–water partition coefficient (Wildman–Crippen LogP) is 5.45. The van der Waals surface area contributed by atoms with Crippen molar-refractivity contribution < 1.29 is 8.83 Å². The molecule has 1 atom stereocenters. The molecular formula is C20H22N2O2S. The van der Waals surface area contributed by atoms with Crippen LogP contribution in [0, 0.1) is 13.8 Å².